The quantitative estimate of drug-likeness (QED) is 0.848. The van der Waals surface area contributed by atoms with Gasteiger partial charge in [-0.3, -0.25) is 4.79 Å². The number of methoxy groups -OCH3 is 1. The van der Waals surface area contributed by atoms with Gasteiger partial charge in [-0.25, -0.2) is 4.39 Å². The summed E-state index contributed by atoms with van der Waals surface area (Å²) in [6.45, 7) is 0.611. The summed E-state index contributed by atoms with van der Waals surface area (Å²) in [5.74, 6) is 0.106. The molecule has 2 aromatic rings. The maximum atomic E-state index is 14.3. The molecule has 2 aliphatic rings. The molecule has 124 valence electrons. The Bertz CT molecular complexity index is 825. The topological polar surface area (TPSA) is 41.6 Å². The van der Waals surface area contributed by atoms with Gasteiger partial charge in [0.1, 0.15) is 17.1 Å². The average Bonchev–Trinajstić information content (AvgIpc) is 3.10. The lowest BCUT2D eigenvalue weighted by atomic mass is 9.93. The average molecular weight is 391 g/mol. The van der Waals surface area contributed by atoms with Crippen molar-refractivity contribution in [2.45, 2.75) is 18.4 Å². The van der Waals surface area contributed by atoms with Gasteiger partial charge < -0.3 is 15.0 Å². The monoisotopic (exact) mass is 390 g/mol. The van der Waals surface area contributed by atoms with Crippen molar-refractivity contribution in [1.82, 2.24) is 0 Å². The van der Waals surface area contributed by atoms with Crippen molar-refractivity contribution in [2.24, 2.45) is 0 Å². The third-order valence-electron chi connectivity index (χ3n) is 4.81. The Morgan fingerprint density at radius 2 is 2.04 bits per heavy atom. The molecule has 4 rings (SSSR count). The second-order valence-electron chi connectivity index (χ2n) is 6.20. The Morgan fingerprint density at radius 3 is 2.75 bits per heavy atom. The Morgan fingerprint density at radius 1 is 1.29 bits per heavy atom. The molecule has 6 heteroatoms. The van der Waals surface area contributed by atoms with Crippen LogP contribution in [0.1, 0.15) is 12.0 Å². The molecule has 0 bridgehead atoms. The molecular weight excluding hydrogens is 375 g/mol. The molecule has 1 atom stereocenters. The number of carbonyl (C=O) groups is 1. The number of nitrogens with zero attached hydrogens (tertiary/aromatic N) is 1. The summed E-state index contributed by atoms with van der Waals surface area (Å²) >= 11 is 3.40. The molecule has 1 spiro atoms. The maximum absolute atomic E-state index is 14.3. The highest BCUT2D eigenvalue weighted by molar-refractivity contribution is 9.10. The van der Waals surface area contributed by atoms with Gasteiger partial charge >= 0.3 is 0 Å². The molecule has 0 saturated carbocycles. The first kappa shape index (κ1) is 15.4. The van der Waals surface area contributed by atoms with E-state index >= 15 is 0 Å². The minimum Gasteiger partial charge on any atom is -0.497 e. The second-order valence-corrected chi connectivity index (χ2v) is 7.12. The van der Waals surface area contributed by atoms with Gasteiger partial charge in [-0.1, -0.05) is 15.9 Å². The van der Waals surface area contributed by atoms with Crippen LogP contribution in [-0.4, -0.2) is 25.1 Å². The molecule has 24 heavy (non-hydrogen) atoms. The number of benzene rings is 2. The van der Waals surface area contributed by atoms with E-state index in [9.17, 15) is 9.18 Å². The molecule has 0 radical (unpaired) electrons. The molecule has 2 aromatic carbocycles. The Hall–Kier alpha value is -2.08. The van der Waals surface area contributed by atoms with Crippen LogP contribution in [0.15, 0.2) is 40.9 Å². The molecular formula is C18H16BrFN2O2. The van der Waals surface area contributed by atoms with E-state index in [2.05, 4.69) is 21.2 Å². The van der Waals surface area contributed by atoms with E-state index in [1.54, 1.807) is 11.0 Å². The van der Waals surface area contributed by atoms with Gasteiger partial charge in [0.15, 0.2) is 0 Å². The maximum Gasteiger partial charge on any atom is 0.253 e. The smallest absolute Gasteiger partial charge is 0.253 e. The lowest BCUT2D eigenvalue weighted by molar-refractivity contribution is -0.120. The van der Waals surface area contributed by atoms with E-state index in [1.165, 1.54) is 13.2 Å². The summed E-state index contributed by atoms with van der Waals surface area (Å²) in [7, 11) is 1.50. The number of carbonyl (C=O) groups excluding carboxylic acids is 1. The first-order chi connectivity index (χ1) is 11.5. The molecule has 2 heterocycles. The van der Waals surface area contributed by atoms with Crippen molar-refractivity contribution < 1.29 is 13.9 Å². The van der Waals surface area contributed by atoms with Crippen molar-refractivity contribution >= 4 is 33.2 Å². The van der Waals surface area contributed by atoms with Crippen LogP contribution >= 0.6 is 15.9 Å². The lowest BCUT2D eigenvalue weighted by Crippen LogP contribution is -2.45. The van der Waals surface area contributed by atoms with Gasteiger partial charge in [-0.2, -0.15) is 0 Å². The van der Waals surface area contributed by atoms with Crippen LogP contribution in [-0.2, 0) is 11.2 Å². The summed E-state index contributed by atoms with van der Waals surface area (Å²) in [6, 6.07) is 10.8. The van der Waals surface area contributed by atoms with Gasteiger partial charge in [0, 0.05) is 46.5 Å². The third kappa shape index (κ3) is 2.28. The van der Waals surface area contributed by atoms with Gasteiger partial charge in [0.2, 0.25) is 0 Å². The van der Waals surface area contributed by atoms with Crippen molar-refractivity contribution in [2.75, 3.05) is 23.9 Å². The van der Waals surface area contributed by atoms with Crippen molar-refractivity contribution in [3.8, 4) is 5.75 Å². The zero-order valence-electron chi connectivity index (χ0n) is 13.1. The molecule has 1 saturated heterocycles. The summed E-state index contributed by atoms with van der Waals surface area (Å²) in [6.07, 6.45) is 1.00. The highest BCUT2D eigenvalue weighted by Crippen LogP contribution is 2.43. The normalized spacial score (nSPS) is 22.0. The number of halogens is 2. The Kier molecular flexibility index (Phi) is 3.53. The number of nitrogens with one attached hydrogen (secondary N) is 1. The Labute approximate surface area is 147 Å². The van der Waals surface area contributed by atoms with Crippen LogP contribution in [0.5, 0.6) is 5.75 Å². The molecule has 1 fully saturated rings. The number of anilines is 2. The minimum atomic E-state index is -0.761. The van der Waals surface area contributed by atoms with Crippen molar-refractivity contribution in [3.05, 3.63) is 52.3 Å². The zero-order chi connectivity index (χ0) is 16.9. The van der Waals surface area contributed by atoms with Crippen LogP contribution in [0, 0.1) is 5.82 Å². The number of ether oxygens (including phenoxy) is 1. The van der Waals surface area contributed by atoms with E-state index in [0.29, 0.717) is 36.4 Å². The summed E-state index contributed by atoms with van der Waals surface area (Å²) in [5.41, 5.74) is 1.30. The number of amides is 1. The van der Waals surface area contributed by atoms with Crippen LogP contribution in [0.3, 0.4) is 0 Å². The third-order valence-corrected chi connectivity index (χ3v) is 5.34. The molecule has 1 amide bonds. The zero-order valence-corrected chi connectivity index (χ0v) is 14.7. The Balaban J connectivity index is 1.65. The molecule has 4 nitrogen and oxygen atoms in total. The van der Waals surface area contributed by atoms with Crippen LogP contribution in [0.4, 0.5) is 15.8 Å². The van der Waals surface area contributed by atoms with E-state index in [0.717, 1.165) is 10.2 Å². The van der Waals surface area contributed by atoms with E-state index in [4.69, 9.17) is 4.74 Å². The highest BCUT2D eigenvalue weighted by Gasteiger charge is 2.51. The summed E-state index contributed by atoms with van der Waals surface area (Å²) < 4.78 is 20.4. The fourth-order valence-corrected chi connectivity index (χ4v) is 3.81. The molecule has 0 aromatic heterocycles. The summed E-state index contributed by atoms with van der Waals surface area (Å²) in [5, 5.41) is 3.27. The van der Waals surface area contributed by atoms with Gasteiger partial charge in [-0.05, 0) is 30.7 Å². The van der Waals surface area contributed by atoms with E-state index in [1.807, 2.05) is 24.3 Å². The van der Waals surface area contributed by atoms with E-state index < -0.39 is 5.54 Å². The van der Waals surface area contributed by atoms with Crippen molar-refractivity contribution in [3.63, 3.8) is 0 Å². The first-order valence-corrected chi connectivity index (χ1v) is 8.54. The highest BCUT2D eigenvalue weighted by atomic mass is 79.9. The number of rotatable bonds is 2. The van der Waals surface area contributed by atoms with Gasteiger partial charge in [0.05, 0.1) is 7.11 Å². The van der Waals surface area contributed by atoms with Gasteiger partial charge in [-0.15, -0.1) is 0 Å². The predicted molar refractivity (Wildman–Crippen MR) is 94.1 cm³/mol. The van der Waals surface area contributed by atoms with E-state index in [-0.39, 0.29) is 11.7 Å². The second kappa shape index (κ2) is 5.48. The van der Waals surface area contributed by atoms with Gasteiger partial charge in [0.25, 0.3) is 5.91 Å². The molecule has 1 N–H and O–H groups in total. The number of fused-ring (bicyclic) bond motifs is 1. The first-order valence-electron chi connectivity index (χ1n) is 7.74. The lowest BCUT2D eigenvalue weighted by Gasteiger charge is -2.24. The molecule has 2 aliphatic heterocycles. The fraction of sp³-hybridized carbons (Fsp3) is 0.278. The number of hydrogen-bond donors (Lipinski definition) is 1. The van der Waals surface area contributed by atoms with Crippen LogP contribution in [0.2, 0.25) is 0 Å². The van der Waals surface area contributed by atoms with Crippen molar-refractivity contribution in [1.29, 1.82) is 0 Å². The fourth-order valence-electron chi connectivity index (χ4n) is 3.54. The van der Waals surface area contributed by atoms with Crippen LogP contribution < -0.4 is 15.0 Å². The minimum absolute atomic E-state index is 0.0145. The predicted octanol–water partition coefficient (Wildman–Crippen LogP) is 3.74. The standard InChI is InChI=1S/C18H16BrFN2O2/c1-24-13-8-15(20)14-10-18(21-16(14)9-13)6-7-22(17(18)23)12-4-2-11(19)3-5-12/h2-5,8-9,21H,6-7,10H2,1H3. The molecule has 1 unspecified atom stereocenters. The summed E-state index contributed by atoms with van der Waals surface area (Å²) in [4.78, 5) is 14.8. The SMILES string of the molecule is COc1cc(F)c2c(c1)NC1(CCN(c3ccc(Br)cc3)C1=O)C2. The molecule has 0 aliphatic carbocycles. The van der Waals surface area contributed by atoms with Crippen LogP contribution in [0.25, 0.3) is 0 Å². The largest absolute Gasteiger partial charge is 0.497 e. The number of hydrogen-bond acceptors (Lipinski definition) is 3.